The van der Waals surface area contributed by atoms with Crippen LogP contribution in [0.25, 0.3) is 0 Å². The molecule has 0 fully saturated rings. The molecule has 0 atom stereocenters. The monoisotopic (exact) mass is 317 g/mol. The van der Waals surface area contributed by atoms with E-state index in [-0.39, 0.29) is 42.8 Å². The summed E-state index contributed by atoms with van der Waals surface area (Å²) in [4.78, 5) is 21.9. The van der Waals surface area contributed by atoms with Crippen molar-refractivity contribution in [1.82, 2.24) is 5.32 Å². The average Bonchev–Trinajstić information content (AvgIpc) is 2.38. The standard InChI is InChI=1S/C13H19N3O4.ClH/c1-13(2,9-14)15-12(17)7-8-20-11-6-4-3-5-10(11)16(18)19;/h3-6H,7-9,14H2,1-2H3,(H,15,17);1H. The smallest absolute Gasteiger partial charge is 0.310 e. The summed E-state index contributed by atoms with van der Waals surface area (Å²) in [6, 6.07) is 6.05. The first-order chi connectivity index (χ1) is 9.35. The van der Waals surface area contributed by atoms with E-state index in [0.717, 1.165) is 0 Å². The Kier molecular flexibility index (Phi) is 7.69. The first kappa shape index (κ1) is 19.1. The molecule has 0 radical (unpaired) electrons. The number of ether oxygens (including phenoxy) is 1. The Labute approximate surface area is 129 Å². The molecule has 21 heavy (non-hydrogen) atoms. The van der Waals surface area contributed by atoms with Gasteiger partial charge in [0.15, 0.2) is 5.75 Å². The molecule has 0 unspecified atom stereocenters. The number of nitrogens with zero attached hydrogens (tertiary/aromatic N) is 1. The van der Waals surface area contributed by atoms with Gasteiger partial charge in [-0.3, -0.25) is 14.9 Å². The predicted octanol–water partition coefficient (Wildman–Crippen LogP) is 1.64. The number of carbonyl (C=O) groups is 1. The van der Waals surface area contributed by atoms with Crippen LogP contribution in [-0.2, 0) is 4.79 Å². The van der Waals surface area contributed by atoms with Gasteiger partial charge in [-0.05, 0) is 19.9 Å². The summed E-state index contributed by atoms with van der Waals surface area (Å²) in [6.07, 6.45) is 0.107. The summed E-state index contributed by atoms with van der Waals surface area (Å²) in [5.74, 6) is -0.0533. The van der Waals surface area contributed by atoms with Crippen LogP contribution in [0.5, 0.6) is 5.75 Å². The summed E-state index contributed by atoms with van der Waals surface area (Å²) < 4.78 is 5.28. The highest BCUT2D eigenvalue weighted by Gasteiger charge is 2.18. The lowest BCUT2D eigenvalue weighted by molar-refractivity contribution is -0.385. The van der Waals surface area contributed by atoms with Gasteiger partial charge in [-0.25, -0.2) is 0 Å². The van der Waals surface area contributed by atoms with Gasteiger partial charge >= 0.3 is 5.69 Å². The fraction of sp³-hybridized carbons (Fsp3) is 0.462. The number of benzene rings is 1. The predicted molar refractivity (Wildman–Crippen MR) is 81.7 cm³/mol. The van der Waals surface area contributed by atoms with Gasteiger partial charge in [-0.2, -0.15) is 0 Å². The number of nitrogens with one attached hydrogen (secondary N) is 1. The van der Waals surface area contributed by atoms with Gasteiger partial charge in [0.25, 0.3) is 0 Å². The van der Waals surface area contributed by atoms with Gasteiger partial charge in [0.1, 0.15) is 0 Å². The van der Waals surface area contributed by atoms with E-state index in [1.54, 1.807) is 12.1 Å². The average molecular weight is 318 g/mol. The Morgan fingerprint density at radius 3 is 2.62 bits per heavy atom. The Balaban J connectivity index is 0.00000400. The van der Waals surface area contributed by atoms with Gasteiger partial charge in [0.05, 0.1) is 18.0 Å². The summed E-state index contributed by atoms with van der Waals surface area (Å²) >= 11 is 0. The highest BCUT2D eigenvalue weighted by atomic mass is 35.5. The topological polar surface area (TPSA) is 107 Å². The zero-order valence-electron chi connectivity index (χ0n) is 12.0. The zero-order chi connectivity index (χ0) is 15.2. The van der Waals surface area contributed by atoms with E-state index in [1.807, 2.05) is 13.8 Å². The Bertz CT molecular complexity index is 494. The third-order valence-electron chi connectivity index (χ3n) is 2.64. The van der Waals surface area contributed by atoms with Crippen molar-refractivity contribution in [3.63, 3.8) is 0 Å². The number of hydrogen-bond donors (Lipinski definition) is 2. The van der Waals surface area contributed by atoms with Crippen LogP contribution in [-0.4, -0.2) is 29.5 Å². The number of nitro benzene ring substituents is 1. The molecule has 0 heterocycles. The fourth-order valence-corrected chi connectivity index (χ4v) is 1.47. The van der Waals surface area contributed by atoms with Crippen LogP contribution in [0.15, 0.2) is 24.3 Å². The van der Waals surface area contributed by atoms with Crippen molar-refractivity contribution < 1.29 is 14.5 Å². The molecule has 0 aliphatic carbocycles. The van der Waals surface area contributed by atoms with E-state index in [4.69, 9.17) is 10.5 Å². The zero-order valence-corrected chi connectivity index (χ0v) is 12.8. The van der Waals surface area contributed by atoms with E-state index in [1.165, 1.54) is 12.1 Å². The Hall–Kier alpha value is -1.86. The molecule has 118 valence electrons. The van der Waals surface area contributed by atoms with Crippen molar-refractivity contribution in [2.75, 3.05) is 13.2 Å². The second kappa shape index (κ2) is 8.43. The van der Waals surface area contributed by atoms with Gasteiger partial charge < -0.3 is 15.8 Å². The molecule has 0 aliphatic heterocycles. The van der Waals surface area contributed by atoms with E-state index in [9.17, 15) is 14.9 Å². The largest absolute Gasteiger partial charge is 0.486 e. The van der Waals surface area contributed by atoms with Crippen LogP contribution in [0.4, 0.5) is 5.69 Å². The third kappa shape index (κ3) is 6.42. The lowest BCUT2D eigenvalue weighted by Gasteiger charge is -2.24. The highest BCUT2D eigenvalue weighted by Crippen LogP contribution is 2.25. The van der Waals surface area contributed by atoms with Gasteiger partial charge in [-0.15, -0.1) is 12.4 Å². The lowest BCUT2D eigenvalue weighted by Crippen LogP contribution is -2.49. The molecule has 1 rings (SSSR count). The fourth-order valence-electron chi connectivity index (χ4n) is 1.47. The van der Waals surface area contributed by atoms with Gasteiger partial charge in [0, 0.05) is 18.2 Å². The maximum Gasteiger partial charge on any atom is 0.310 e. The Morgan fingerprint density at radius 1 is 1.43 bits per heavy atom. The van der Waals surface area contributed by atoms with E-state index in [2.05, 4.69) is 5.32 Å². The van der Waals surface area contributed by atoms with E-state index >= 15 is 0 Å². The van der Waals surface area contributed by atoms with Crippen molar-refractivity contribution in [3.8, 4) is 5.75 Å². The first-order valence-corrected chi connectivity index (χ1v) is 6.23. The van der Waals surface area contributed by atoms with Crippen LogP contribution in [0, 0.1) is 10.1 Å². The quantitative estimate of drug-likeness (QED) is 0.587. The summed E-state index contributed by atoms with van der Waals surface area (Å²) in [5, 5.41) is 13.5. The maximum absolute atomic E-state index is 11.6. The number of nitrogens with two attached hydrogens (primary N) is 1. The second-order valence-corrected chi connectivity index (χ2v) is 4.96. The van der Waals surface area contributed by atoms with Crippen LogP contribution in [0.2, 0.25) is 0 Å². The van der Waals surface area contributed by atoms with Crippen molar-refractivity contribution >= 4 is 24.0 Å². The molecule has 1 amide bonds. The van der Waals surface area contributed by atoms with Gasteiger partial charge in [-0.1, -0.05) is 12.1 Å². The molecule has 8 heteroatoms. The molecule has 1 aromatic rings. The molecule has 0 bridgehead atoms. The third-order valence-corrected chi connectivity index (χ3v) is 2.64. The van der Waals surface area contributed by atoms with Crippen LogP contribution in [0.1, 0.15) is 20.3 Å². The molecule has 1 aromatic carbocycles. The molecule has 0 saturated carbocycles. The Morgan fingerprint density at radius 2 is 2.05 bits per heavy atom. The lowest BCUT2D eigenvalue weighted by atomic mass is 10.1. The van der Waals surface area contributed by atoms with Crippen molar-refractivity contribution in [3.05, 3.63) is 34.4 Å². The SMILES string of the molecule is CC(C)(CN)NC(=O)CCOc1ccccc1[N+](=O)[O-].Cl. The number of amides is 1. The summed E-state index contributed by atoms with van der Waals surface area (Å²) in [7, 11) is 0. The maximum atomic E-state index is 11.6. The molecule has 0 aromatic heterocycles. The number of halogens is 1. The minimum absolute atomic E-state index is 0. The number of para-hydroxylation sites is 2. The highest BCUT2D eigenvalue weighted by molar-refractivity contribution is 5.85. The normalized spacial score (nSPS) is 10.4. The molecular weight excluding hydrogens is 298 g/mol. The van der Waals surface area contributed by atoms with Crippen LogP contribution < -0.4 is 15.8 Å². The van der Waals surface area contributed by atoms with Crippen LogP contribution >= 0.6 is 12.4 Å². The minimum atomic E-state index is -0.521. The van der Waals surface area contributed by atoms with Crippen molar-refractivity contribution in [2.24, 2.45) is 5.73 Å². The molecule has 0 spiro atoms. The van der Waals surface area contributed by atoms with E-state index in [0.29, 0.717) is 6.54 Å². The molecule has 7 nitrogen and oxygen atoms in total. The number of rotatable bonds is 7. The number of carbonyl (C=O) groups excluding carboxylic acids is 1. The van der Waals surface area contributed by atoms with Gasteiger partial charge in [0.2, 0.25) is 5.91 Å². The molecule has 3 N–H and O–H groups in total. The number of nitro groups is 1. The van der Waals surface area contributed by atoms with Crippen molar-refractivity contribution in [1.29, 1.82) is 0 Å². The molecular formula is C13H20ClN3O4. The summed E-state index contributed by atoms with van der Waals surface area (Å²) in [6.45, 7) is 4.02. The number of hydrogen-bond acceptors (Lipinski definition) is 5. The van der Waals surface area contributed by atoms with E-state index < -0.39 is 10.5 Å². The second-order valence-electron chi connectivity index (χ2n) is 4.96. The van der Waals surface area contributed by atoms with Crippen molar-refractivity contribution in [2.45, 2.75) is 25.8 Å². The minimum Gasteiger partial charge on any atom is -0.486 e. The van der Waals surface area contributed by atoms with Crippen LogP contribution in [0.3, 0.4) is 0 Å². The molecule has 0 saturated heterocycles. The summed E-state index contributed by atoms with van der Waals surface area (Å²) in [5.41, 5.74) is 4.91. The molecule has 0 aliphatic rings. The first-order valence-electron chi connectivity index (χ1n) is 6.23.